The number of nitrogens with two attached hydrogens (primary N) is 1. The summed E-state index contributed by atoms with van der Waals surface area (Å²) in [4.78, 5) is 10.1. The van der Waals surface area contributed by atoms with Gasteiger partial charge in [0.1, 0.15) is 0 Å². The molecule has 0 saturated heterocycles. The van der Waals surface area contributed by atoms with Crippen molar-refractivity contribution in [2.45, 2.75) is 39.2 Å². The van der Waals surface area contributed by atoms with Gasteiger partial charge >= 0.3 is 5.97 Å². The Hall–Kier alpha value is -0.570. The largest absolute Gasteiger partial charge is 0.481 e. The highest BCUT2D eigenvalue weighted by atomic mass is 16.4. The van der Waals surface area contributed by atoms with Crippen LogP contribution in [-0.4, -0.2) is 17.1 Å². The van der Waals surface area contributed by atoms with E-state index in [0.29, 0.717) is 12.3 Å². The first-order valence-electron chi connectivity index (χ1n) is 4.01. The molecule has 0 saturated carbocycles. The number of carbonyl (C=O) groups is 1. The summed E-state index contributed by atoms with van der Waals surface area (Å²) in [7, 11) is 0. The molecule has 0 rings (SSSR count). The lowest BCUT2D eigenvalue weighted by Gasteiger charge is -2.13. The number of rotatable bonds is 5. The fraction of sp³-hybridized carbons (Fsp3) is 0.875. The van der Waals surface area contributed by atoms with Gasteiger partial charge in [-0.05, 0) is 18.8 Å². The Bertz CT molecular complexity index is 123. The molecule has 0 spiro atoms. The topological polar surface area (TPSA) is 63.3 Å². The first-order valence-corrected chi connectivity index (χ1v) is 4.01. The minimum atomic E-state index is -0.735. The molecule has 66 valence electrons. The average molecular weight is 159 g/mol. The monoisotopic (exact) mass is 159 g/mol. The molecule has 0 aliphatic heterocycles. The van der Waals surface area contributed by atoms with Crippen LogP contribution in [0.5, 0.6) is 0 Å². The van der Waals surface area contributed by atoms with Gasteiger partial charge in [-0.3, -0.25) is 4.79 Å². The number of aliphatic carboxylic acids is 1. The summed E-state index contributed by atoms with van der Waals surface area (Å²) >= 11 is 0. The zero-order chi connectivity index (χ0) is 8.85. The van der Waals surface area contributed by atoms with E-state index < -0.39 is 5.97 Å². The van der Waals surface area contributed by atoms with Gasteiger partial charge < -0.3 is 10.8 Å². The van der Waals surface area contributed by atoms with E-state index in [0.717, 1.165) is 6.42 Å². The average Bonchev–Trinajstić information content (AvgIpc) is 1.86. The Balaban J connectivity index is 3.31. The summed E-state index contributed by atoms with van der Waals surface area (Å²) in [5.74, 6) is -0.287. The van der Waals surface area contributed by atoms with E-state index in [1.54, 1.807) is 0 Å². The van der Waals surface area contributed by atoms with E-state index in [1.807, 2.05) is 13.8 Å². The van der Waals surface area contributed by atoms with Gasteiger partial charge in [0.25, 0.3) is 0 Å². The minimum absolute atomic E-state index is 0.148. The fourth-order valence-electron chi connectivity index (χ4n) is 0.822. The summed E-state index contributed by atoms with van der Waals surface area (Å²) in [5.41, 5.74) is 5.71. The third kappa shape index (κ3) is 5.85. The Kier molecular flexibility index (Phi) is 4.86. The summed E-state index contributed by atoms with van der Waals surface area (Å²) < 4.78 is 0. The molecule has 0 bridgehead atoms. The molecular formula is C8H17NO2. The molecule has 3 N–H and O–H groups in total. The predicted octanol–water partition coefficient (Wildman–Crippen LogP) is 1.22. The van der Waals surface area contributed by atoms with Crippen LogP contribution in [0.15, 0.2) is 0 Å². The number of carboxylic acid groups (broad SMARTS) is 1. The summed E-state index contributed by atoms with van der Waals surface area (Å²) in [6, 6.07) is 0.148. The third-order valence-electron chi connectivity index (χ3n) is 1.78. The summed E-state index contributed by atoms with van der Waals surface area (Å²) in [6.07, 6.45) is 1.74. The standard InChI is InChI=1S/C8H17NO2/c1-6(2)7(9)4-3-5-8(10)11/h6-7H,3-5,9H2,1-2H3,(H,10,11)/t7-/m0/s1. The Morgan fingerprint density at radius 1 is 1.55 bits per heavy atom. The molecule has 0 aromatic heterocycles. The van der Waals surface area contributed by atoms with Gasteiger partial charge in [0.2, 0.25) is 0 Å². The molecule has 0 unspecified atom stereocenters. The third-order valence-corrected chi connectivity index (χ3v) is 1.78. The van der Waals surface area contributed by atoms with Gasteiger partial charge in [0, 0.05) is 12.5 Å². The number of hydrogen-bond acceptors (Lipinski definition) is 2. The smallest absolute Gasteiger partial charge is 0.303 e. The van der Waals surface area contributed by atoms with Crippen LogP contribution < -0.4 is 5.73 Å². The second-order valence-corrected chi connectivity index (χ2v) is 3.19. The van der Waals surface area contributed by atoms with Crippen LogP contribution >= 0.6 is 0 Å². The van der Waals surface area contributed by atoms with Crippen molar-refractivity contribution >= 4 is 5.97 Å². The van der Waals surface area contributed by atoms with E-state index in [2.05, 4.69) is 0 Å². The maximum Gasteiger partial charge on any atom is 0.303 e. The van der Waals surface area contributed by atoms with Gasteiger partial charge in [-0.25, -0.2) is 0 Å². The van der Waals surface area contributed by atoms with Gasteiger partial charge in [-0.2, -0.15) is 0 Å². The molecule has 3 heteroatoms. The minimum Gasteiger partial charge on any atom is -0.481 e. The molecular weight excluding hydrogens is 142 g/mol. The molecule has 0 amide bonds. The van der Waals surface area contributed by atoms with Crippen LogP contribution in [0.25, 0.3) is 0 Å². The van der Waals surface area contributed by atoms with Crippen molar-refractivity contribution in [3.8, 4) is 0 Å². The first-order chi connectivity index (χ1) is 5.04. The Morgan fingerprint density at radius 3 is 2.45 bits per heavy atom. The van der Waals surface area contributed by atoms with Crippen LogP contribution in [0.1, 0.15) is 33.1 Å². The summed E-state index contributed by atoms with van der Waals surface area (Å²) in [6.45, 7) is 4.09. The summed E-state index contributed by atoms with van der Waals surface area (Å²) in [5, 5.41) is 8.32. The highest BCUT2D eigenvalue weighted by Crippen LogP contribution is 2.06. The quantitative estimate of drug-likeness (QED) is 0.634. The van der Waals surface area contributed by atoms with Crippen LogP contribution in [-0.2, 0) is 4.79 Å². The predicted molar refractivity (Wildman–Crippen MR) is 44.3 cm³/mol. The van der Waals surface area contributed by atoms with E-state index in [1.165, 1.54) is 0 Å². The van der Waals surface area contributed by atoms with Gasteiger partial charge in [-0.1, -0.05) is 13.8 Å². The number of carboxylic acids is 1. The lowest BCUT2D eigenvalue weighted by Crippen LogP contribution is -2.26. The Morgan fingerprint density at radius 2 is 2.09 bits per heavy atom. The molecule has 0 aliphatic rings. The highest BCUT2D eigenvalue weighted by Gasteiger charge is 2.07. The zero-order valence-electron chi connectivity index (χ0n) is 7.21. The second-order valence-electron chi connectivity index (χ2n) is 3.19. The SMILES string of the molecule is CC(C)[C@@H](N)CCCC(=O)O. The van der Waals surface area contributed by atoms with Crippen LogP contribution in [0.4, 0.5) is 0 Å². The van der Waals surface area contributed by atoms with Crippen molar-refractivity contribution < 1.29 is 9.90 Å². The van der Waals surface area contributed by atoms with Crippen molar-refractivity contribution in [2.24, 2.45) is 11.7 Å². The van der Waals surface area contributed by atoms with E-state index in [-0.39, 0.29) is 12.5 Å². The van der Waals surface area contributed by atoms with Gasteiger partial charge in [-0.15, -0.1) is 0 Å². The second kappa shape index (κ2) is 5.13. The van der Waals surface area contributed by atoms with E-state index >= 15 is 0 Å². The van der Waals surface area contributed by atoms with Crippen molar-refractivity contribution in [3.63, 3.8) is 0 Å². The van der Waals surface area contributed by atoms with Crippen molar-refractivity contribution in [3.05, 3.63) is 0 Å². The van der Waals surface area contributed by atoms with Crippen molar-refractivity contribution in [1.29, 1.82) is 0 Å². The van der Waals surface area contributed by atoms with Crippen molar-refractivity contribution in [2.75, 3.05) is 0 Å². The van der Waals surface area contributed by atoms with Crippen LogP contribution in [0, 0.1) is 5.92 Å². The lowest BCUT2D eigenvalue weighted by molar-refractivity contribution is -0.137. The van der Waals surface area contributed by atoms with Crippen molar-refractivity contribution in [1.82, 2.24) is 0 Å². The molecule has 3 nitrogen and oxygen atoms in total. The van der Waals surface area contributed by atoms with Crippen LogP contribution in [0.2, 0.25) is 0 Å². The van der Waals surface area contributed by atoms with E-state index in [9.17, 15) is 4.79 Å². The fourth-order valence-corrected chi connectivity index (χ4v) is 0.822. The maximum absolute atomic E-state index is 10.1. The maximum atomic E-state index is 10.1. The zero-order valence-corrected chi connectivity index (χ0v) is 7.21. The number of hydrogen-bond donors (Lipinski definition) is 2. The normalized spacial score (nSPS) is 13.5. The molecule has 0 heterocycles. The van der Waals surface area contributed by atoms with Crippen LogP contribution in [0.3, 0.4) is 0 Å². The Labute approximate surface area is 67.6 Å². The van der Waals surface area contributed by atoms with Gasteiger partial charge in [0.05, 0.1) is 0 Å². The molecule has 0 aromatic carbocycles. The highest BCUT2D eigenvalue weighted by molar-refractivity contribution is 5.66. The molecule has 0 radical (unpaired) electrons. The molecule has 0 aliphatic carbocycles. The van der Waals surface area contributed by atoms with Gasteiger partial charge in [0.15, 0.2) is 0 Å². The lowest BCUT2D eigenvalue weighted by atomic mass is 10.00. The molecule has 1 atom stereocenters. The molecule has 0 fully saturated rings. The van der Waals surface area contributed by atoms with E-state index in [4.69, 9.17) is 10.8 Å². The molecule has 0 aromatic rings. The molecule has 11 heavy (non-hydrogen) atoms. The first kappa shape index (κ1) is 10.4.